The Hall–Kier alpha value is -2.50. The van der Waals surface area contributed by atoms with Crippen molar-refractivity contribution in [2.45, 2.75) is 20.3 Å². The summed E-state index contributed by atoms with van der Waals surface area (Å²) >= 11 is 0. The molecule has 23 heavy (non-hydrogen) atoms. The van der Waals surface area contributed by atoms with Crippen LogP contribution in [0.25, 0.3) is 11.3 Å². The molecule has 0 radical (unpaired) electrons. The number of carbonyl (C=O) groups excluding carboxylic acids is 1. The molecule has 0 unspecified atom stereocenters. The lowest BCUT2D eigenvalue weighted by molar-refractivity contribution is 0.0514. The van der Waals surface area contributed by atoms with E-state index in [9.17, 15) is 13.6 Å². The summed E-state index contributed by atoms with van der Waals surface area (Å²) < 4.78 is 36.6. The number of methoxy groups -OCH3 is 1. The molecule has 0 fully saturated rings. The van der Waals surface area contributed by atoms with Crippen molar-refractivity contribution in [1.29, 1.82) is 0 Å². The Morgan fingerprint density at radius 3 is 2.43 bits per heavy atom. The third-order valence-electron chi connectivity index (χ3n) is 3.33. The molecule has 0 aliphatic rings. The molecule has 0 saturated heterocycles. The molecule has 0 spiro atoms. The fourth-order valence-corrected chi connectivity index (χ4v) is 2.25. The smallest absolute Gasteiger partial charge is 0.340 e. The largest absolute Gasteiger partial charge is 0.497 e. The molecule has 0 saturated carbocycles. The van der Waals surface area contributed by atoms with Gasteiger partial charge in [-0.05, 0) is 44.2 Å². The van der Waals surface area contributed by atoms with Crippen molar-refractivity contribution in [3.05, 3.63) is 47.2 Å². The number of halogens is 2. The SMILES string of the molecule is CCOC(=O)c1c(C(F)F)cc(-c2ccc(OC)cc2)nc1C. The molecule has 6 heteroatoms. The van der Waals surface area contributed by atoms with Gasteiger partial charge in [-0.2, -0.15) is 0 Å². The maximum Gasteiger partial charge on any atom is 0.340 e. The van der Waals surface area contributed by atoms with Gasteiger partial charge in [0, 0.05) is 11.1 Å². The second kappa shape index (κ2) is 7.17. The fourth-order valence-electron chi connectivity index (χ4n) is 2.25. The molecule has 0 N–H and O–H groups in total. The summed E-state index contributed by atoms with van der Waals surface area (Å²) in [6.07, 6.45) is -2.80. The van der Waals surface area contributed by atoms with Crippen LogP contribution in [-0.4, -0.2) is 24.7 Å². The number of alkyl halides is 2. The molecule has 2 aromatic rings. The van der Waals surface area contributed by atoms with Gasteiger partial charge in [0.25, 0.3) is 6.43 Å². The number of aromatic nitrogens is 1. The van der Waals surface area contributed by atoms with E-state index in [-0.39, 0.29) is 23.4 Å². The summed E-state index contributed by atoms with van der Waals surface area (Å²) in [5, 5.41) is 0. The normalized spacial score (nSPS) is 10.7. The van der Waals surface area contributed by atoms with Crippen LogP contribution in [0.5, 0.6) is 5.75 Å². The Morgan fingerprint density at radius 1 is 1.26 bits per heavy atom. The van der Waals surface area contributed by atoms with Crippen LogP contribution < -0.4 is 4.74 Å². The molecular weight excluding hydrogens is 304 g/mol. The Bertz CT molecular complexity index is 700. The fraction of sp³-hybridized carbons (Fsp3) is 0.294. The minimum absolute atomic E-state index is 0.112. The zero-order chi connectivity index (χ0) is 17.0. The van der Waals surface area contributed by atoms with Crippen LogP contribution >= 0.6 is 0 Å². The minimum Gasteiger partial charge on any atom is -0.497 e. The topological polar surface area (TPSA) is 48.4 Å². The molecular formula is C17H17F2NO3. The van der Waals surface area contributed by atoms with Gasteiger partial charge in [-0.1, -0.05) is 0 Å². The molecule has 0 amide bonds. The molecule has 0 atom stereocenters. The van der Waals surface area contributed by atoms with Crippen LogP contribution in [0.1, 0.15) is 35.0 Å². The second-order valence-electron chi connectivity index (χ2n) is 4.81. The maximum atomic E-state index is 13.4. The van der Waals surface area contributed by atoms with Crippen molar-refractivity contribution < 1.29 is 23.0 Å². The highest BCUT2D eigenvalue weighted by atomic mass is 19.3. The quantitative estimate of drug-likeness (QED) is 0.775. The lowest BCUT2D eigenvalue weighted by Crippen LogP contribution is -2.12. The number of esters is 1. The monoisotopic (exact) mass is 321 g/mol. The Morgan fingerprint density at radius 2 is 1.91 bits per heavy atom. The number of aryl methyl sites for hydroxylation is 1. The van der Waals surface area contributed by atoms with E-state index in [1.54, 1.807) is 38.3 Å². The van der Waals surface area contributed by atoms with E-state index in [1.807, 2.05) is 0 Å². The van der Waals surface area contributed by atoms with Crippen molar-refractivity contribution in [1.82, 2.24) is 4.98 Å². The zero-order valence-electron chi connectivity index (χ0n) is 13.1. The van der Waals surface area contributed by atoms with Gasteiger partial charge in [-0.15, -0.1) is 0 Å². The van der Waals surface area contributed by atoms with Gasteiger partial charge < -0.3 is 9.47 Å². The zero-order valence-corrected chi connectivity index (χ0v) is 13.1. The van der Waals surface area contributed by atoms with Gasteiger partial charge in [0.2, 0.25) is 0 Å². The van der Waals surface area contributed by atoms with Gasteiger partial charge >= 0.3 is 5.97 Å². The number of hydrogen-bond acceptors (Lipinski definition) is 4. The van der Waals surface area contributed by atoms with Crippen LogP contribution in [0.4, 0.5) is 8.78 Å². The molecule has 0 aliphatic carbocycles. The third-order valence-corrected chi connectivity index (χ3v) is 3.33. The average molecular weight is 321 g/mol. The predicted molar refractivity (Wildman–Crippen MR) is 81.9 cm³/mol. The van der Waals surface area contributed by atoms with E-state index >= 15 is 0 Å². The number of hydrogen-bond donors (Lipinski definition) is 0. The molecule has 122 valence electrons. The molecule has 2 rings (SSSR count). The van der Waals surface area contributed by atoms with E-state index in [2.05, 4.69) is 4.98 Å². The lowest BCUT2D eigenvalue weighted by Gasteiger charge is -2.13. The van der Waals surface area contributed by atoms with Crippen LogP contribution in [0.3, 0.4) is 0 Å². The van der Waals surface area contributed by atoms with E-state index in [4.69, 9.17) is 9.47 Å². The average Bonchev–Trinajstić information content (AvgIpc) is 2.54. The van der Waals surface area contributed by atoms with E-state index < -0.39 is 12.4 Å². The molecule has 0 bridgehead atoms. The van der Waals surface area contributed by atoms with Crippen LogP contribution in [0.2, 0.25) is 0 Å². The van der Waals surface area contributed by atoms with Gasteiger partial charge in [-0.3, -0.25) is 4.98 Å². The molecule has 1 aromatic heterocycles. The molecule has 4 nitrogen and oxygen atoms in total. The van der Waals surface area contributed by atoms with Crippen LogP contribution in [0, 0.1) is 6.92 Å². The number of rotatable bonds is 5. The number of carbonyl (C=O) groups is 1. The first-order valence-corrected chi connectivity index (χ1v) is 7.09. The van der Waals surface area contributed by atoms with Crippen molar-refractivity contribution >= 4 is 5.97 Å². The molecule has 1 aromatic carbocycles. The number of pyridine rings is 1. The summed E-state index contributed by atoms with van der Waals surface area (Å²) in [6, 6.07) is 8.10. The summed E-state index contributed by atoms with van der Waals surface area (Å²) in [4.78, 5) is 16.2. The van der Waals surface area contributed by atoms with Crippen molar-refractivity contribution in [2.24, 2.45) is 0 Å². The van der Waals surface area contributed by atoms with E-state index in [0.717, 1.165) is 0 Å². The summed E-state index contributed by atoms with van der Waals surface area (Å²) in [7, 11) is 1.54. The van der Waals surface area contributed by atoms with Crippen LogP contribution in [-0.2, 0) is 4.74 Å². The maximum absolute atomic E-state index is 13.4. The highest BCUT2D eigenvalue weighted by molar-refractivity contribution is 5.93. The first kappa shape index (κ1) is 16.9. The van der Waals surface area contributed by atoms with Crippen molar-refractivity contribution in [3.8, 4) is 17.0 Å². The van der Waals surface area contributed by atoms with Crippen molar-refractivity contribution in [2.75, 3.05) is 13.7 Å². The number of benzene rings is 1. The summed E-state index contributed by atoms with van der Waals surface area (Å²) in [6.45, 7) is 3.25. The Labute approximate surface area is 133 Å². The third kappa shape index (κ3) is 3.64. The van der Waals surface area contributed by atoms with Crippen LogP contribution in [0.15, 0.2) is 30.3 Å². The second-order valence-corrected chi connectivity index (χ2v) is 4.81. The predicted octanol–water partition coefficient (Wildman–Crippen LogP) is 4.18. The van der Waals surface area contributed by atoms with Gasteiger partial charge in [0.1, 0.15) is 5.75 Å². The van der Waals surface area contributed by atoms with E-state index in [0.29, 0.717) is 17.0 Å². The Kier molecular flexibility index (Phi) is 5.26. The standard InChI is InChI=1S/C17H17F2NO3/c1-4-23-17(21)15-10(2)20-14(9-13(15)16(18)19)11-5-7-12(22-3)8-6-11/h5-9,16H,4H2,1-3H3. The first-order chi connectivity index (χ1) is 11.0. The number of ether oxygens (including phenoxy) is 2. The lowest BCUT2D eigenvalue weighted by atomic mass is 10.0. The summed E-state index contributed by atoms with van der Waals surface area (Å²) in [5.74, 6) is -0.128. The molecule has 0 aliphatic heterocycles. The van der Waals surface area contributed by atoms with Gasteiger partial charge in [0.15, 0.2) is 0 Å². The highest BCUT2D eigenvalue weighted by Gasteiger charge is 2.24. The van der Waals surface area contributed by atoms with Gasteiger partial charge in [-0.25, -0.2) is 13.6 Å². The summed E-state index contributed by atoms with van der Waals surface area (Å²) in [5.41, 5.74) is 0.702. The number of nitrogens with zero attached hydrogens (tertiary/aromatic N) is 1. The minimum atomic E-state index is -2.80. The van der Waals surface area contributed by atoms with Crippen molar-refractivity contribution in [3.63, 3.8) is 0 Å². The first-order valence-electron chi connectivity index (χ1n) is 7.09. The van der Waals surface area contributed by atoms with E-state index in [1.165, 1.54) is 13.0 Å². The van der Waals surface area contributed by atoms with Gasteiger partial charge in [0.05, 0.1) is 30.7 Å². The Balaban J connectivity index is 2.52. The highest BCUT2D eigenvalue weighted by Crippen LogP contribution is 2.30. The molecule has 1 heterocycles.